The van der Waals surface area contributed by atoms with Crippen molar-refractivity contribution < 1.29 is 23.1 Å². The third-order valence-corrected chi connectivity index (χ3v) is 4.95. The first-order chi connectivity index (χ1) is 16.4. The summed E-state index contributed by atoms with van der Waals surface area (Å²) in [6.07, 6.45) is 1.52. The predicted molar refractivity (Wildman–Crippen MR) is 121 cm³/mol. The monoisotopic (exact) mass is 462 g/mol. The fourth-order valence-corrected chi connectivity index (χ4v) is 3.17. The van der Waals surface area contributed by atoms with Crippen molar-refractivity contribution in [2.75, 3.05) is 5.32 Å². The lowest BCUT2D eigenvalue weighted by atomic mass is 10.2. The summed E-state index contributed by atoms with van der Waals surface area (Å²) in [4.78, 5) is 24.2. The molecule has 1 heterocycles. The minimum atomic E-state index is -0.573. The van der Waals surface area contributed by atoms with E-state index in [1.807, 2.05) is 0 Å². The normalized spacial score (nSPS) is 10.6. The molecule has 0 saturated heterocycles. The average Bonchev–Trinajstić information content (AvgIpc) is 3.23. The zero-order valence-electron chi connectivity index (χ0n) is 17.9. The van der Waals surface area contributed by atoms with Gasteiger partial charge in [-0.2, -0.15) is 0 Å². The van der Waals surface area contributed by atoms with Crippen molar-refractivity contribution in [1.29, 1.82) is 0 Å². The van der Waals surface area contributed by atoms with Gasteiger partial charge in [-0.05, 0) is 59.7 Å². The number of ether oxygens (including phenoxy) is 1. The molecule has 0 aliphatic carbocycles. The van der Waals surface area contributed by atoms with Gasteiger partial charge in [0, 0.05) is 17.4 Å². The van der Waals surface area contributed by atoms with E-state index in [1.54, 1.807) is 36.4 Å². The molecule has 2 amide bonds. The molecule has 172 valence electrons. The first-order valence-electron chi connectivity index (χ1n) is 10.3. The van der Waals surface area contributed by atoms with Gasteiger partial charge in [-0.3, -0.25) is 14.3 Å². The van der Waals surface area contributed by atoms with Crippen LogP contribution >= 0.6 is 0 Å². The first-order valence-corrected chi connectivity index (χ1v) is 10.3. The molecule has 3 N–H and O–H groups in total. The number of rotatable bonds is 8. The van der Waals surface area contributed by atoms with E-state index in [0.717, 1.165) is 5.56 Å². The van der Waals surface area contributed by atoms with Crippen LogP contribution in [-0.4, -0.2) is 21.6 Å². The Morgan fingerprint density at radius 2 is 1.47 bits per heavy atom. The molecule has 4 aromatic rings. The van der Waals surface area contributed by atoms with Crippen molar-refractivity contribution in [3.8, 4) is 5.88 Å². The predicted octanol–water partition coefficient (Wildman–Crippen LogP) is 4.14. The van der Waals surface area contributed by atoms with Crippen LogP contribution in [0.4, 0.5) is 14.5 Å². The SMILES string of the molecule is NC(=O)c1ccc(NC(=O)c2cn(Cc3ccc(F)cc3)nc2OCc2ccc(F)cc2)cc1. The second kappa shape index (κ2) is 9.95. The lowest BCUT2D eigenvalue weighted by Crippen LogP contribution is -2.14. The van der Waals surface area contributed by atoms with Gasteiger partial charge in [-0.25, -0.2) is 8.78 Å². The summed E-state index contributed by atoms with van der Waals surface area (Å²) < 4.78 is 33.7. The number of halogens is 2. The molecule has 1 aromatic heterocycles. The number of primary amides is 1. The van der Waals surface area contributed by atoms with Crippen LogP contribution in [0.1, 0.15) is 31.8 Å². The lowest BCUT2D eigenvalue weighted by Gasteiger charge is -2.07. The Morgan fingerprint density at radius 3 is 2.06 bits per heavy atom. The number of benzene rings is 3. The minimum Gasteiger partial charge on any atom is -0.471 e. The second-order valence-electron chi connectivity index (χ2n) is 7.48. The Kier molecular flexibility index (Phi) is 6.63. The summed E-state index contributed by atoms with van der Waals surface area (Å²) in [6.45, 7) is 0.356. The first kappa shape index (κ1) is 22.7. The number of hydrogen-bond acceptors (Lipinski definition) is 4. The molecule has 0 unspecified atom stereocenters. The molecule has 0 radical (unpaired) electrons. The maximum absolute atomic E-state index is 13.2. The molecule has 0 aliphatic rings. The van der Waals surface area contributed by atoms with E-state index in [-0.39, 0.29) is 36.2 Å². The molecule has 0 atom stereocenters. The van der Waals surface area contributed by atoms with Crippen LogP contribution in [0, 0.1) is 11.6 Å². The van der Waals surface area contributed by atoms with Gasteiger partial charge in [0.15, 0.2) is 0 Å². The average molecular weight is 462 g/mol. The van der Waals surface area contributed by atoms with Gasteiger partial charge in [0.25, 0.3) is 5.91 Å². The molecule has 4 rings (SSSR count). The summed E-state index contributed by atoms with van der Waals surface area (Å²) in [6, 6.07) is 17.8. The van der Waals surface area contributed by atoms with E-state index in [2.05, 4.69) is 10.4 Å². The van der Waals surface area contributed by atoms with E-state index >= 15 is 0 Å². The summed E-state index contributed by atoms with van der Waals surface area (Å²) in [7, 11) is 0. The van der Waals surface area contributed by atoms with Gasteiger partial charge in [-0.15, -0.1) is 5.10 Å². The third kappa shape index (κ3) is 5.63. The molecule has 0 fully saturated rings. The van der Waals surface area contributed by atoms with E-state index in [0.29, 0.717) is 16.8 Å². The van der Waals surface area contributed by atoms with Crippen molar-refractivity contribution in [1.82, 2.24) is 9.78 Å². The van der Waals surface area contributed by atoms with Gasteiger partial charge in [0.1, 0.15) is 23.8 Å². The molecule has 0 spiro atoms. The molecular weight excluding hydrogens is 442 g/mol. The Hall–Kier alpha value is -4.53. The Bertz CT molecular complexity index is 1300. The molecule has 0 aliphatic heterocycles. The van der Waals surface area contributed by atoms with Crippen molar-refractivity contribution in [2.24, 2.45) is 5.73 Å². The number of carbonyl (C=O) groups excluding carboxylic acids is 2. The number of nitrogens with one attached hydrogen (secondary N) is 1. The number of aromatic nitrogens is 2. The van der Waals surface area contributed by atoms with Crippen LogP contribution in [0.15, 0.2) is 79.0 Å². The molecule has 0 saturated carbocycles. The smallest absolute Gasteiger partial charge is 0.262 e. The van der Waals surface area contributed by atoms with Crippen molar-refractivity contribution in [3.05, 3.63) is 113 Å². The van der Waals surface area contributed by atoms with Gasteiger partial charge in [0.05, 0.1) is 6.54 Å². The van der Waals surface area contributed by atoms with Crippen molar-refractivity contribution >= 4 is 17.5 Å². The highest BCUT2D eigenvalue weighted by Crippen LogP contribution is 2.21. The number of nitrogens with zero attached hydrogens (tertiary/aromatic N) is 2. The van der Waals surface area contributed by atoms with E-state index in [9.17, 15) is 18.4 Å². The topological polar surface area (TPSA) is 99.2 Å². The van der Waals surface area contributed by atoms with E-state index in [1.165, 1.54) is 47.3 Å². The summed E-state index contributed by atoms with van der Waals surface area (Å²) in [5.41, 5.74) is 7.65. The maximum Gasteiger partial charge on any atom is 0.262 e. The van der Waals surface area contributed by atoms with Crippen LogP contribution in [0.3, 0.4) is 0 Å². The Morgan fingerprint density at radius 1 is 0.882 bits per heavy atom. The number of amides is 2. The molecule has 3 aromatic carbocycles. The van der Waals surface area contributed by atoms with Crippen molar-refractivity contribution in [3.63, 3.8) is 0 Å². The fourth-order valence-electron chi connectivity index (χ4n) is 3.17. The lowest BCUT2D eigenvalue weighted by molar-refractivity contribution is 0.0997. The molecule has 9 heteroatoms. The standard InChI is InChI=1S/C25H20F2N4O3/c26-19-7-1-16(2-8-19)13-31-14-22(24(33)29-21-11-5-18(6-12-21)23(28)32)25(30-31)34-15-17-3-9-20(27)10-4-17/h1-12,14H,13,15H2,(H2,28,32)(H,29,33). The van der Waals surface area contributed by atoms with Gasteiger partial charge >= 0.3 is 0 Å². The van der Waals surface area contributed by atoms with Gasteiger partial charge in [-0.1, -0.05) is 24.3 Å². The van der Waals surface area contributed by atoms with Crippen LogP contribution in [-0.2, 0) is 13.2 Å². The minimum absolute atomic E-state index is 0.0709. The molecule has 7 nitrogen and oxygen atoms in total. The second-order valence-corrected chi connectivity index (χ2v) is 7.48. The maximum atomic E-state index is 13.2. The van der Waals surface area contributed by atoms with Crippen LogP contribution in [0.5, 0.6) is 5.88 Å². The number of nitrogens with two attached hydrogens (primary N) is 1. The zero-order chi connectivity index (χ0) is 24.1. The molecule has 34 heavy (non-hydrogen) atoms. The van der Waals surface area contributed by atoms with Crippen LogP contribution < -0.4 is 15.8 Å². The van der Waals surface area contributed by atoms with Crippen LogP contribution in [0.25, 0.3) is 0 Å². The Labute approximate surface area is 193 Å². The summed E-state index contributed by atoms with van der Waals surface area (Å²) in [5, 5.41) is 7.10. The molecular formula is C25H20F2N4O3. The van der Waals surface area contributed by atoms with Crippen LogP contribution in [0.2, 0.25) is 0 Å². The highest BCUT2D eigenvalue weighted by molar-refractivity contribution is 6.06. The zero-order valence-corrected chi connectivity index (χ0v) is 17.9. The van der Waals surface area contributed by atoms with Crippen molar-refractivity contribution in [2.45, 2.75) is 13.2 Å². The van der Waals surface area contributed by atoms with Gasteiger partial charge in [0.2, 0.25) is 11.8 Å². The number of carbonyl (C=O) groups is 2. The highest BCUT2D eigenvalue weighted by atomic mass is 19.1. The highest BCUT2D eigenvalue weighted by Gasteiger charge is 2.19. The molecule has 0 bridgehead atoms. The summed E-state index contributed by atoms with van der Waals surface area (Å²) in [5.74, 6) is -1.69. The third-order valence-electron chi connectivity index (χ3n) is 4.95. The summed E-state index contributed by atoms with van der Waals surface area (Å²) >= 11 is 0. The number of anilines is 1. The Balaban J connectivity index is 1.56. The quantitative estimate of drug-likeness (QED) is 0.411. The van der Waals surface area contributed by atoms with E-state index < -0.39 is 11.8 Å². The largest absolute Gasteiger partial charge is 0.471 e. The van der Waals surface area contributed by atoms with Gasteiger partial charge < -0.3 is 15.8 Å². The fraction of sp³-hybridized carbons (Fsp3) is 0.0800. The number of hydrogen-bond donors (Lipinski definition) is 2. The van der Waals surface area contributed by atoms with E-state index in [4.69, 9.17) is 10.5 Å².